The molecule has 4 heteroatoms. The molecule has 0 saturated heterocycles. The van der Waals surface area contributed by atoms with Crippen LogP contribution in [0.4, 0.5) is 0 Å². The normalized spacial score (nSPS) is 13.8. The zero-order chi connectivity index (χ0) is 9.42. The maximum Gasteiger partial charge on any atom is 0.315 e. The third kappa shape index (κ3) is 1.42. The molecule has 0 saturated carbocycles. The van der Waals surface area contributed by atoms with Gasteiger partial charge in [0, 0.05) is 10.0 Å². The van der Waals surface area contributed by atoms with E-state index in [2.05, 4.69) is 15.9 Å². The molecule has 68 valence electrons. The van der Waals surface area contributed by atoms with Gasteiger partial charge in [0.15, 0.2) is 11.5 Å². The number of halogens is 1. The largest absolute Gasteiger partial charge is 0.493 e. The molecule has 13 heavy (non-hydrogen) atoms. The monoisotopic (exact) mass is 242 g/mol. The first-order valence-electron chi connectivity index (χ1n) is 3.78. The van der Waals surface area contributed by atoms with E-state index >= 15 is 0 Å². The molecule has 0 unspecified atom stereocenters. The molecule has 0 amide bonds. The van der Waals surface area contributed by atoms with Crippen molar-refractivity contribution in [2.45, 2.75) is 6.42 Å². The minimum absolute atomic E-state index is 0.230. The van der Waals surface area contributed by atoms with Crippen molar-refractivity contribution in [3.8, 4) is 11.5 Å². The number of ether oxygens (including phenoxy) is 2. The van der Waals surface area contributed by atoms with E-state index in [0.717, 1.165) is 10.0 Å². The lowest BCUT2D eigenvalue weighted by Gasteiger charge is -2.05. The van der Waals surface area contributed by atoms with Crippen molar-refractivity contribution in [3.63, 3.8) is 0 Å². The fourth-order valence-electron chi connectivity index (χ4n) is 1.33. The highest BCUT2D eigenvalue weighted by molar-refractivity contribution is 9.10. The summed E-state index contributed by atoms with van der Waals surface area (Å²) in [5.41, 5.74) is 0.872. The molecule has 3 nitrogen and oxygen atoms in total. The molecule has 1 aliphatic heterocycles. The fraction of sp³-hybridized carbons (Fsp3) is 0.222. The van der Waals surface area contributed by atoms with Gasteiger partial charge in [-0.25, -0.2) is 0 Å². The van der Waals surface area contributed by atoms with Crippen molar-refractivity contribution in [1.29, 1.82) is 0 Å². The number of carbonyl (C=O) groups is 1. The molecule has 1 aromatic carbocycles. The van der Waals surface area contributed by atoms with E-state index in [1.54, 1.807) is 13.2 Å². The lowest BCUT2D eigenvalue weighted by molar-refractivity contribution is -0.131. The number of carbonyl (C=O) groups excluding carboxylic acids is 1. The van der Waals surface area contributed by atoms with Crippen molar-refractivity contribution in [2.24, 2.45) is 0 Å². The van der Waals surface area contributed by atoms with Crippen LogP contribution in [0.15, 0.2) is 16.6 Å². The van der Waals surface area contributed by atoms with E-state index in [1.165, 1.54) is 0 Å². The van der Waals surface area contributed by atoms with Crippen LogP contribution < -0.4 is 9.47 Å². The van der Waals surface area contributed by atoms with Crippen molar-refractivity contribution in [1.82, 2.24) is 0 Å². The number of fused-ring (bicyclic) bond motifs is 1. The van der Waals surface area contributed by atoms with Crippen LogP contribution in [-0.2, 0) is 11.2 Å². The molecule has 0 spiro atoms. The van der Waals surface area contributed by atoms with E-state index < -0.39 is 0 Å². The first-order chi connectivity index (χ1) is 6.20. The minimum atomic E-state index is -0.230. The molecular weight excluding hydrogens is 236 g/mol. The quantitative estimate of drug-likeness (QED) is 0.558. The Morgan fingerprint density at radius 1 is 1.54 bits per heavy atom. The Balaban J connectivity index is 2.56. The first kappa shape index (κ1) is 8.56. The Hall–Kier alpha value is -1.03. The van der Waals surface area contributed by atoms with E-state index in [1.807, 2.05) is 6.07 Å². The maximum atomic E-state index is 11.0. The second kappa shape index (κ2) is 3.03. The summed E-state index contributed by atoms with van der Waals surface area (Å²) < 4.78 is 11.0. The lowest BCUT2D eigenvalue weighted by Crippen LogP contribution is -2.00. The van der Waals surface area contributed by atoms with Crippen LogP contribution in [0, 0.1) is 0 Å². The summed E-state index contributed by atoms with van der Waals surface area (Å²) >= 11 is 3.33. The Bertz CT molecular complexity index is 373. The second-order valence-corrected chi connectivity index (χ2v) is 3.66. The summed E-state index contributed by atoms with van der Waals surface area (Å²) in [6.45, 7) is 0. The molecule has 0 aliphatic carbocycles. The van der Waals surface area contributed by atoms with Gasteiger partial charge in [-0.1, -0.05) is 15.9 Å². The minimum Gasteiger partial charge on any atom is -0.493 e. The summed E-state index contributed by atoms with van der Waals surface area (Å²) in [5, 5.41) is 0. The van der Waals surface area contributed by atoms with Gasteiger partial charge in [0.1, 0.15) is 0 Å². The van der Waals surface area contributed by atoms with Crippen molar-refractivity contribution in [2.75, 3.05) is 7.11 Å². The van der Waals surface area contributed by atoms with Gasteiger partial charge >= 0.3 is 5.97 Å². The molecule has 0 aromatic heterocycles. The van der Waals surface area contributed by atoms with Crippen LogP contribution in [0.25, 0.3) is 0 Å². The third-order valence-corrected chi connectivity index (χ3v) is 2.32. The molecule has 0 bridgehead atoms. The Labute approximate surface area is 83.8 Å². The number of hydrogen-bond acceptors (Lipinski definition) is 3. The smallest absolute Gasteiger partial charge is 0.315 e. The van der Waals surface area contributed by atoms with Gasteiger partial charge in [-0.05, 0) is 12.1 Å². The average molecular weight is 243 g/mol. The Kier molecular flexibility index (Phi) is 2.00. The number of esters is 1. The first-order valence-corrected chi connectivity index (χ1v) is 4.57. The highest BCUT2D eigenvalue weighted by atomic mass is 79.9. The van der Waals surface area contributed by atoms with Gasteiger partial charge in [-0.2, -0.15) is 0 Å². The van der Waals surface area contributed by atoms with Gasteiger partial charge in [0.25, 0.3) is 0 Å². The van der Waals surface area contributed by atoms with Crippen LogP contribution in [0.1, 0.15) is 5.56 Å². The molecule has 1 heterocycles. The van der Waals surface area contributed by atoms with Crippen LogP contribution in [0.5, 0.6) is 11.5 Å². The average Bonchev–Trinajstić information content (AvgIpc) is 2.43. The molecule has 0 N–H and O–H groups in total. The zero-order valence-electron chi connectivity index (χ0n) is 6.96. The standard InChI is InChI=1S/C9H7BrO3/c1-12-7-4-6(10)2-5-3-8(11)13-9(5)7/h2,4H,3H2,1H3. The summed E-state index contributed by atoms with van der Waals surface area (Å²) in [5.74, 6) is 0.914. The summed E-state index contributed by atoms with van der Waals surface area (Å²) in [6, 6.07) is 3.64. The number of benzene rings is 1. The number of hydrogen-bond donors (Lipinski definition) is 0. The van der Waals surface area contributed by atoms with Gasteiger partial charge in [-0.15, -0.1) is 0 Å². The van der Waals surface area contributed by atoms with Crippen molar-refractivity contribution < 1.29 is 14.3 Å². The molecular formula is C9H7BrO3. The molecule has 0 atom stereocenters. The lowest BCUT2D eigenvalue weighted by atomic mass is 10.1. The second-order valence-electron chi connectivity index (χ2n) is 2.75. The van der Waals surface area contributed by atoms with Crippen molar-refractivity contribution in [3.05, 3.63) is 22.2 Å². The fourth-order valence-corrected chi connectivity index (χ4v) is 1.81. The van der Waals surface area contributed by atoms with Crippen LogP contribution in [-0.4, -0.2) is 13.1 Å². The number of methoxy groups -OCH3 is 1. The van der Waals surface area contributed by atoms with Gasteiger partial charge < -0.3 is 9.47 Å². The Morgan fingerprint density at radius 2 is 2.31 bits per heavy atom. The number of rotatable bonds is 1. The third-order valence-electron chi connectivity index (χ3n) is 1.87. The van der Waals surface area contributed by atoms with Gasteiger partial charge in [0.05, 0.1) is 13.5 Å². The molecule has 0 radical (unpaired) electrons. The highest BCUT2D eigenvalue weighted by Crippen LogP contribution is 2.38. The predicted octanol–water partition coefficient (Wildman–Crippen LogP) is 1.92. The summed E-state index contributed by atoms with van der Waals surface area (Å²) in [7, 11) is 1.55. The SMILES string of the molecule is COc1cc(Br)cc2c1OC(=O)C2. The van der Waals surface area contributed by atoms with Gasteiger partial charge in [0.2, 0.25) is 0 Å². The zero-order valence-corrected chi connectivity index (χ0v) is 8.55. The maximum absolute atomic E-state index is 11.0. The van der Waals surface area contributed by atoms with Crippen LogP contribution in [0.3, 0.4) is 0 Å². The molecule has 1 aromatic rings. The molecule has 1 aliphatic rings. The topological polar surface area (TPSA) is 35.5 Å². The Morgan fingerprint density at radius 3 is 3.00 bits per heavy atom. The van der Waals surface area contributed by atoms with Crippen LogP contribution >= 0.6 is 15.9 Å². The van der Waals surface area contributed by atoms with Gasteiger partial charge in [-0.3, -0.25) is 4.79 Å². The predicted molar refractivity (Wildman–Crippen MR) is 50.0 cm³/mol. The van der Waals surface area contributed by atoms with E-state index in [-0.39, 0.29) is 5.97 Å². The molecule has 2 rings (SSSR count). The van der Waals surface area contributed by atoms with Crippen LogP contribution in [0.2, 0.25) is 0 Å². The van der Waals surface area contributed by atoms with E-state index in [0.29, 0.717) is 17.9 Å². The van der Waals surface area contributed by atoms with Crippen molar-refractivity contribution >= 4 is 21.9 Å². The summed E-state index contributed by atoms with van der Waals surface area (Å²) in [4.78, 5) is 11.0. The highest BCUT2D eigenvalue weighted by Gasteiger charge is 2.24. The molecule has 0 fully saturated rings. The summed E-state index contributed by atoms with van der Waals surface area (Å²) in [6.07, 6.45) is 0.325. The van der Waals surface area contributed by atoms with E-state index in [9.17, 15) is 4.79 Å². The van der Waals surface area contributed by atoms with E-state index in [4.69, 9.17) is 9.47 Å².